The molecule has 1 aromatic heterocycles. The molecule has 3 unspecified atom stereocenters. The third-order valence-electron chi connectivity index (χ3n) is 4.80. The Morgan fingerprint density at radius 2 is 2.06 bits per heavy atom. The van der Waals surface area contributed by atoms with Crippen LogP contribution in [-0.2, 0) is 28.1 Å². The average Bonchev–Trinajstić information content (AvgIpc) is 3.11. The van der Waals surface area contributed by atoms with Crippen molar-refractivity contribution < 1.29 is 37.7 Å². The monoisotopic (exact) mass is 498 g/mol. The van der Waals surface area contributed by atoms with Crippen LogP contribution in [0.1, 0.15) is 13.2 Å². The van der Waals surface area contributed by atoms with Gasteiger partial charge in [0, 0.05) is 26.8 Å². The molecule has 186 valence electrons. The highest BCUT2D eigenvalue weighted by atomic mass is 31.2. The highest BCUT2D eigenvalue weighted by molar-refractivity contribution is 7.52. The number of esters is 1. The Balaban J connectivity index is 1.71. The summed E-state index contributed by atoms with van der Waals surface area (Å²) in [5, 5.41) is 13.3. The Labute approximate surface area is 195 Å². The smallest absolute Gasteiger partial charge is 0.458 e. The lowest BCUT2D eigenvalue weighted by molar-refractivity contribution is -0.140. The zero-order valence-corrected chi connectivity index (χ0v) is 19.5. The number of aromatic nitrogens is 2. The third-order valence-corrected chi connectivity index (χ3v) is 6.35. The molecule has 1 aliphatic heterocycles. The maximum atomic E-state index is 13.3. The standard InChI is InChI=1S/C20H27N4O9P/c1-13(25)30-11-9-22-34(28,33-14-6-4-3-5-7-14)31-12-15-17(26)18(29-2)19(32-15)24-10-8-16(21)23-20(24)27/h3-8,10,15,17-19,26H,9,11-12H2,1-2H3,(H,22,28)(H2,21,23,27)/t15-,17?,18?,19-,34?/m1/s1. The van der Waals surface area contributed by atoms with E-state index in [9.17, 15) is 19.3 Å². The fourth-order valence-electron chi connectivity index (χ4n) is 3.23. The fraction of sp³-hybridized carbons (Fsp3) is 0.450. The number of ether oxygens (including phenoxy) is 3. The van der Waals surface area contributed by atoms with Gasteiger partial charge in [-0.1, -0.05) is 18.2 Å². The summed E-state index contributed by atoms with van der Waals surface area (Å²) in [7, 11) is -2.64. The summed E-state index contributed by atoms with van der Waals surface area (Å²) in [5.74, 6) is -0.189. The number of nitrogens with zero attached hydrogens (tertiary/aromatic N) is 2. The van der Waals surface area contributed by atoms with Gasteiger partial charge in [0.05, 0.1) is 6.61 Å². The van der Waals surface area contributed by atoms with Gasteiger partial charge in [0.15, 0.2) is 6.23 Å². The van der Waals surface area contributed by atoms with Gasteiger partial charge < -0.3 is 29.6 Å². The lowest BCUT2D eigenvalue weighted by Crippen LogP contribution is -2.37. The van der Waals surface area contributed by atoms with Crippen LogP contribution in [0, 0.1) is 0 Å². The van der Waals surface area contributed by atoms with E-state index in [1.165, 1.54) is 26.3 Å². The second kappa shape index (κ2) is 11.6. The molecule has 1 fully saturated rings. The predicted octanol–water partition coefficient (Wildman–Crippen LogP) is 0.455. The molecule has 0 spiro atoms. The first kappa shape index (κ1) is 25.8. The van der Waals surface area contributed by atoms with Gasteiger partial charge in [0.2, 0.25) is 0 Å². The molecular weight excluding hydrogens is 471 g/mol. The summed E-state index contributed by atoms with van der Waals surface area (Å²) in [6.07, 6.45) is -2.85. The Hall–Kier alpha value is -2.80. The molecule has 34 heavy (non-hydrogen) atoms. The molecular formula is C20H27N4O9P. The largest absolute Gasteiger partial charge is 0.465 e. The molecule has 2 heterocycles. The highest BCUT2D eigenvalue weighted by Gasteiger charge is 2.46. The Morgan fingerprint density at radius 1 is 1.32 bits per heavy atom. The number of nitrogens with two attached hydrogens (primary N) is 1. The van der Waals surface area contributed by atoms with Crippen LogP contribution >= 0.6 is 7.75 Å². The van der Waals surface area contributed by atoms with Gasteiger partial charge in [0.25, 0.3) is 0 Å². The maximum absolute atomic E-state index is 13.3. The lowest BCUT2D eigenvalue weighted by Gasteiger charge is -2.22. The lowest BCUT2D eigenvalue weighted by atomic mass is 10.1. The molecule has 0 bridgehead atoms. The fourth-order valence-corrected chi connectivity index (χ4v) is 4.54. The number of nitrogens with one attached hydrogen (secondary N) is 1. The first-order valence-corrected chi connectivity index (χ1v) is 11.9. The minimum absolute atomic E-state index is 0.0202. The van der Waals surface area contributed by atoms with Crippen molar-refractivity contribution in [1.29, 1.82) is 0 Å². The summed E-state index contributed by atoms with van der Waals surface area (Å²) in [4.78, 5) is 26.9. The molecule has 0 aliphatic carbocycles. The number of nitrogen functional groups attached to an aromatic ring is 1. The molecule has 0 amide bonds. The third kappa shape index (κ3) is 6.63. The van der Waals surface area contributed by atoms with Gasteiger partial charge in [-0.3, -0.25) is 13.9 Å². The normalized spacial score (nSPS) is 23.9. The summed E-state index contributed by atoms with van der Waals surface area (Å²) in [5.41, 5.74) is 4.84. The first-order chi connectivity index (χ1) is 16.2. The molecule has 3 rings (SSSR count). The number of carbonyl (C=O) groups is 1. The van der Waals surface area contributed by atoms with E-state index in [4.69, 9.17) is 29.0 Å². The molecule has 5 atom stereocenters. The molecule has 0 saturated carbocycles. The predicted molar refractivity (Wildman–Crippen MR) is 119 cm³/mol. The molecule has 2 aromatic rings. The molecule has 13 nitrogen and oxygen atoms in total. The molecule has 4 N–H and O–H groups in total. The number of hydrogen-bond acceptors (Lipinski definition) is 11. The van der Waals surface area contributed by atoms with Crippen LogP contribution in [0.15, 0.2) is 47.4 Å². The second-order valence-corrected chi connectivity index (χ2v) is 9.00. The van der Waals surface area contributed by atoms with E-state index in [-0.39, 0.29) is 31.3 Å². The molecule has 1 saturated heterocycles. The number of methoxy groups -OCH3 is 1. The van der Waals surface area contributed by atoms with Crippen LogP contribution in [0.4, 0.5) is 5.82 Å². The molecule has 1 aliphatic rings. The van der Waals surface area contributed by atoms with Crippen LogP contribution in [0.3, 0.4) is 0 Å². The van der Waals surface area contributed by atoms with Crippen molar-refractivity contribution in [3.05, 3.63) is 53.1 Å². The van der Waals surface area contributed by atoms with Crippen LogP contribution in [-0.4, -0.2) is 65.8 Å². The number of carbonyl (C=O) groups excluding carboxylic acids is 1. The van der Waals surface area contributed by atoms with E-state index < -0.39 is 43.9 Å². The van der Waals surface area contributed by atoms with Crippen molar-refractivity contribution in [2.24, 2.45) is 0 Å². The van der Waals surface area contributed by atoms with Crippen molar-refractivity contribution in [3.63, 3.8) is 0 Å². The maximum Gasteiger partial charge on any atom is 0.458 e. The van der Waals surface area contributed by atoms with Crippen LogP contribution in [0.5, 0.6) is 5.75 Å². The SMILES string of the molecule is COC1C(O)[C@@H](COP(=O)(NCCOC(C)=O)Oc2ccccc2)O[C@H]1n1ccc(N)nc1=O. The summed E-state index contributed by atoms with van der Waals surface area (Å²) in [6, 6.07) is 9.71. The van der Waals surface area contributed by atoms with E-state index >= 15 is 0 Å². The van der Waals surface area contributed by atoms with Crippen molar-refractivity contribution in [2.45, 2.75) is 31.5 Å². The molecule has 14 heteroatoms. The van der Waals surface area contributed by atoms with Crippen molar-refractivity contribution >= 4 is 19.5 Å². The van der Waals surface area contributed by atoms with Crippen molar-refractivity contribution in [2.75, 3.05) is 32.6 Å². The average molecular weight is 498 g/mol. The van der Waals surface area contributed by atoms with Gasteiger partial charge in [0.1, 0.15) is 36.5 Å². The van der Waals surface area contributed by atoms with Crippen molar-refractivity contribution in [1.82, 2.24) is 14.6 Å². The first-order valence-electron chi connectivity index (χ1n) is 10.3. The second-order valence-electron chi connectivity index (χ2n) is 7.24. The number of hydrogen-bond donors (Lipinski definition) is 3. The number of rotatable bonds is 11. The van der Waals surface area contributed by atoms with Gasteiger partial charge in [-0.15, -0.1) is 0 Å². The van der Waals surface area contributed by atoms with E-state index in [1.54, 1.807) is 30.3 Å². The van der Waals surface area contributed by atoms with Gasteiger partial charge in [-0.25, -0.2) is 14.4 Å². The van der Waals surface area contributed by atoms with Gasteiger partial charge in [-0.2, -0.15) is 4.98 Å². The quantitative estimate of drug-likeness (QED) is 0.222. The van der Waals surface area contributed by atoms with Crippen LogP contribution in [0.2, 0.25) is 0 Å². The Kier molecular flexibility index (Phi) is 8.78. The van der Waals surface area contributed by atoms with Gasteiger partial charge >= 0.3 is 19.4 Å². The van der Waals surface area contributed by atoms with E-state index in [0.717, 1.165) is 4.57 Å². The Morgan fingerprint density at radius 3 is 2.71 bits per heavy atom. The summed E-state index contributed by atoms with van der Waals surface area (Å²) >= 11 is 0. The molecule has 0 radical (unpaired) electrons. The zero-order chi connectivity index (χ0) is 24.7. The van der Waals surface area contributed by atoms with E-state index in [0.29, 0.717) is 0 Å². The van der Waals surface area contributed by atoms with E-state index in [2.05, 4.69) is 10.1 Å². The van der Waals surface area contributed by atoms with Crippen molar-refractivity contribution in [3.8, 4) is 5.75 Å². The minimum atomic E-state index is -3.99. The topological polar surface area (TPSA) is 173 Å². The van der Waals surface area contributed by atoms with Crippen LogP contribution < -0.4 is 21.0 Å². The number of para-hydroxylation sites is 1. The van der Waals surface area contributed by atoms with Gasteiger partial charge in [-0.05, 0) is 18.2 Å². The van der Waals surface area contributed by atoms with E-state index in [1.807, 2.05) is 0 Å². The number of benzene rings is 1. The Bertz CT molecular complexity index is 1070. The summed E-state index contributed by atoms with van der Waals surface area (Å²) in [6.45, 7) is 0.789. The zero-order valence-electron chi connectivity index (χ0n) is 18.6. The summed E-state index contributed by atoms with van der Waals surface area (Å²) < 4.78 is 41.5. The number of anilines is 1. The number of aliphatic hydroxyl groups excluding tert-OH is 1. The molecule has 1 aromatic carbocycles. The number of aliphatic hydroxyl groups is 1. The highest BCUT2D eigenvalue weighted by Crippen LogP contribution is 2.45. The minimum Gasteiger partial charge on any atom is -0.465 e. The van der Waals surface area contributed by atoms with Crippen LogP contribution in [0.25, 0.3) is 0 Å².